The maximum absolute atomic E-state index is 12.1. The molecule has 4 heteroatoms. The molecule has 0 fully saturated rings. The van der Waals surface area contributed by atoms with E-state index in [2.05, 4.69) is 13.2 Å². The van der Waals surface area contributed by atoms with Crippen molar-refractivity contribution < 1.29 is 19.1 Å². The first-order valence-electron chi connectivity index (χ1n) is 8.69. The number of benzene rings is 2. The van der Waals surface area contributed by atoms with Crippen LogP contribution < -0.4 is 4.74 Å². The van der Waals surface area contributed by atoms with Crippen molar-refractivity contribution in [2.24, 2.45) is 0 Å². The standard InChI is InChI=1S/C23H24O4/c1-15(2)22(24)26-17(5)21(18-11-7-6-8-12-18)19-13-9-10-14-20(19)27-23(25)16(3)4/h6-14,17,21H,1,3H2,2,4-5H3. The van der Waals surface area contributed by atoms with Gasteiger partial charge in [-0.2, -0.15) is 0 Å². The van der Waals surface area contributed by atoms with Crippen LogP contribution in [0.25, 0.3) is 0 Å². The van der Waals surface area contributed by atoms with Crippen LogP contribution in [0.15, 0.2) is 78.9 Å². The lowest BCUT2D eigenvalue weighted by Gasteiger charge is -2.26. The summed E-state index contributed by atoms with van der Waals surface area (Å²) in [6.07, 6.45) is -0.499. The van der Waals surface area contributed by atoms with Gasteiger partial charge in [0.25, 0.3) is 0 Å². The number of hydrogen-bond donors (Lipinski definition) is 0. The summed E-state index contributed by atoms with van der Waals surface area (Å²) >= 11 is 0. The van der Waals surface area contributed by atoms with E-state index in [1.807, 2.05) is 49.4 Å². The number of carbonyl (C=O) groups is 2. The molecule has 2 rings (SSSR count). The highest BCUT2D eigenvalue weighted by Crippen LogP contribution is 2.36. The zero-order valence-corrected chi connectivity index (χ0v) is 15.9. The molecule has 2 aromatic carbocycles. The molecular weight excluding hydrogens is 340 g/mol. The lowest BCUT2D eigenvalue weighted by atomic mass is 9.86. The molecule has 140 valence electrons. The monoisotopic (exact) mass is 364 g/mol. The maximum Gasteiger partial charge on any atom is 0.338 e. The largest absolute Gasteiger partial charge is 0.458 e. The molecule has 2 atom stereocenters. The number of para-hydroxylation sites is 1. The van der Waals surface area contributed by atoms with Gasteiger partial charge in [-0.1, -0.05) is 61.7 Å². The second-order valence-corrected chi connectivity index (χ2v) is 6.49. The average molecular weight is 364 g/mol. The van der Waals surface area contributed by atoms with Crippen molar-refractivity contribution in [1.29, 1.82) is 0 Å². The number of hydrogen-bond acceptors (Lipinski definition) is 4. The predicted molar refractivity (Wildman–Crippen MR) is 106 cm³/mol. The van der Waals surface area contributed by atoms with E-state index < -0.39 is 18.0 Å². The number of carbonyl (C=O) groups excluding carboxylic acids is 2. The van der Waals surface area contributed by atoms with E-state index in [1.165, 1.54) is 0 Å². The minimum atomic E-state index is -0.499. The topological polar surface area (TPSA) is 52.6 Å². The van der Waals surface area contributed by atoms with E-state index in [1.54, 1.807) is 26.0 Å². The molecule has 4 nitrogen and oxygen atoms in total. The lowest BCUT2D eigenvalue weighted by molar-refractivity contribution is -0.144. The number of rotatable bonds is 7. The van der Waals surface area contributed by atoms with E-state index in [9.17, 15) is 9.59 Å². The fourth-order valence-electron chi connectivity index (χ4n) is 2.72. The van der Waals surface area contributed by atoms with E-state index in [0.717, 1.165) is 11.1 Å². The van der Waals surface area contributed by atoms with Crippen LogP contribution in [0.3, 0.4) is 0 Å². The third-order valence-electron chi connectivity index (χ3n) is 4.07. The van der Waals surface area contributed by atoms with Crippen molar-refractivity contribution in [3.63, 3.8) is 0 Å². The Labute approximate surface area is 160 Å². The van der Waals surface area contributed by atoms with Crippen LogP contribution in [0.4, 0.5) is 0 Å². The van der Waals surface area contributed by atoms with Gasteiger partial charge in [0.05, 0.1) is 0 Å². The Morgan fingerprint density at radius 1 is 0.852 bits per heavy atom. The zero-order valence-electron chi connectivity index (χ0n) is 15.9. The highest BCUT2D eigenvalue weighted by atomic mass is 16.5. The van der Waals surface area contributed by atoms with Crippen molar-refractivity contribution in [2.45, 2.75) is 32.8 Å². The minimum Gasteiger partial charge on any atom is -0.458 e. The van der Waals surface area contributed by atoms with Crippen molar-refractivity contribution in [3.05, 3.63) is 90.0 Å². The maximum atomic E-state index is 12.1. The van der Waals surface area contributed by atoms with Crippen molar-refractivity contribution in [1.82, 2.24) is 0 Å². The molecule has 0 amide bonds. The van der Waals surface area contributed by atoms with Crippen LogP contribution in [-0.2, 0) is 14.3 Å². The summed E-state index contributed by atoms with van der Waals surface area (Å²) in [5.41, 5.74) is 2.33. The fourth-order valence-corrected chi connectivity index (χ4v) is 2.72. The summed E-state index contributed by atoms with van der Waals surface area (Å²) in [7, 11) is 0. The van der Waals surface area contributed by atoms with E-state index in [-0.39, 0.29) is 5.92 Å². The molecular formula is C23H24O4. The number of esters is 2. The Bertz CT molecular complexity index is 852. The third kappa shape index (κ3) is 5.17. The highest BCUT2D eigenvalue weighted by Gasteiger charge is 2.28. The summed E-state index contributed by atoms with van der Waals surface area (Å²) in [5, 5.41) is 0. The second kappa shape index (κ2) is 8.99. The quantitative estimate of drug-likeness (QED) is 0.402. The summed E-state index contributed by atoms with van der Waals surface area (Å²) in [6, 6.07) is 16.9. The highest BCUT2D eigenvalue weighted by molar-refractivity contribution is 5.89. The normalized spacial score (nSPS) is 12.6. The molecule has 0 aliphatic heterocycles. The molecule has 0 aliphatic rings. The predicted octanol–water partition coefficient (Wildman–Crippen LogP) is 4.81. The van der Waals surface area contributed by atoms with Crippen molar-refractivity contribution in [2.75, 3.05) is 0 Å². The molecule has 27 heavy (non-hydrogen) atoms. The molecule has 0 saturated carbocycles. The summed E-state index contributed by atoms with van der Waals surface area (Å²) in [5.74, 6) is -0.859. The van der Waals surface area contributed by atoms with Crippen LogP contribution >= 0.6 is 0 Å². The van der Waals surface area contributed by atoms with Crippen molar-refractivity contribution >= 4 is 11.9 Å². The van der Waals surface area contributed by atoms with E-state index >= 15 is 0 Å². The van der Waals surface area contributed by atoms with Gasteiger partial charge in [0, 0.05) is 22.6 Å². The molecule has 2 unspecified atom stereocenters. The average Bonchev–Trinajstić information content (AvgIpc) is 2.64. The fraction of sp³-hybridized carbons (Fsp3) is 0.217. The van der Waals surface area contributed by atoms with E-state index in [4.69, 9.17) is 9.47 Å². The minimum absolute atomic E-state index is 0.308. The van der Waals surface area contributed by atoms with Gasteiger partial charge in [0.1, 0.15) is 11.9 Å². The summed E-state index contributed by atoms with van der Waals surface area (Å²) in [6.45, 7) is 12.3. The summed E-state index contributed by atoms with van der Waals surface area (Å²) in [4.78, 5) is 24.1. The number of ether oxygens (including phenoxy) is 2. The Morgan fingerprint density at radius 2 is 1.41 bits per heavy atom. The van der Waals surface area contributed by atoms with Crippen LogP contribution in [0.1, 0.15) is 37.8 Å². The van der Waals surface area contributed by atoms with Crippen LogP contribution in [-0.4, -0.2) is 18.0 Å². The van der Waals surface area contributed by atoms with Gasteiger partial charge < -0.3 is 9.47 Å². The molecule has 0 saturated heterocycles. The van der Waals surface area contributed by atoms with Crippen LogP contribution in [0.2, 0.25) is 0 Å². The molecule has 0 radical (unpaired) electrons. The van der Waals surface area contributed by atoms with Crippen molar-refractivity contribution in [3.8, 4) is 5.75 Å². The Hall–Kier alpha value is -3.14. The first-order chi connectivity index (χ1) is 12.8. The van der Waals surface area contributed by atoms with Gasteiger partial charge >= 0.3 is 11.9 Å². The molecule has 0 heterocycles. The molecule has 0 bridgehead atoms. The molecule has 2 aromatic rings. The lowest BCUT2D eigenvalue weighted by Crippen LogP contribution is -2.25. The SMILES string of the molecule is C=C(C)C(=O)Oc1ccccc1C(c1ccccc1)C(C)OC(=O)C(=C)C. The molecule has 0 spiro atoms. The van der Waals surface area contributed by atoms with Gasteiger partial charge in [-0.05, 0) is 32.4 Å². The van der Waals surface area contributed by atoms with Crippen LogP contribution in [0, 0.1) is 0 Å². The first-order valence-corrected chi connectivity index (χ1v) is 8.69. The van der Waals surface area contributed by atoms with Gasteiger partial charge in [-0.15, -0.1) is 0 Å². The van der Waals surface area contributed by atoms with Gasteiger partial charge in [-0.3, -0.25) is 0 Å². The second-order valence-electron chi connectivity index (χ2n) is 6.49. The molecule has 0 aliphatic carbocycles. The summed E-state index contributed by atoms with van der Waals surface area (Å²) < 4.78 is 11.1. The van der Waals surface area contributed by atoms with Gasteiger partial charge in [0.2, 0.25) is 0 Å². The Balaban J connectivity index is 2.48. The van der Waals surface area contributed by atoms with E-state index in [0.29, 0.717) is 16.9 Å². The Kier molecular flexibility index (Phi) is 6.72. The zero-order chi connectivity index (χ0) is 20.0. The molecule has 0 aromatic heterocycles. The third-order valence-corrected chi connectivity index (χ3v) is 4.07. The van der Waals surface area contributed by atoms with Gasteiger partial charge in [-0.25, -0.2) is 9.59 Å². The first kappa shape index (κ1) is 20.2. The van der Waals surface area contributed by atoms with Gasteiger partial charge in [0.15, 0.2) is 0 Å². The van der Waals surface area contributed by atoms with Crippen LogP contribution in [0.5, 0.6) is 5.75 Å². The Morgan fingerprint density at radius 3 is 2.00 bits per heavy atom. The smallest absolute Gasteiger partial charge is 0.338 e. The molecule has 0 N–H and O–H groups in total.